The van der Waals surface area contributed by atoms with Crippen LogP contribution < -0.4 is 15.2 Å². The predicted octanol–water partition coefficient (Wildman–Crippen LogP) is 2.86. The molecule has 23 heavy (non-hydrogen) atoms. The maximum atomic E-state index is 7.39. The van der Waals surface area contributed by atoms with E-state index in [4.69, 9.17) is 20.6 Å². The molecule has 0 aliphatic rings. The molecule has 0 aromatic heterocycles. The third kappa shape index (κ3) is 5.90. The van der Waals surface area contributed by atoms with Gasteiger partial charge in [-0.15, -0.1) is 0 Å². The number of guanidine groups is 1. The van der Waals surface area contributed by atoms with Crippen LogP contribution in [0, 0.1) is 5.41 Å². The summed E-state index contributed by atoms with van der Waals surface area (Å²) in [6, 6.07) is 17.6. The van der Waals surface area contributed by atoms with Crippen molar-refractivity contribution in [3.63, 3.8) is 0 Å². The fourth-order valence-electron chi connectivity index (χ4n) is 2.05. The molecule has 0 saturated carbocycles. The van der Waals surface area contributed by atoms with Crippen LogP contribution in [0.2, 0.25) is 0 Å². The molecule has 0 atom stereocenters. The van der Waals surface area contributed by atoms with Gasteiger partial charge < -0.3 is 20.1 Å². The Bertz CT molecular complexity index is 617. The summed E-state index contributed by atoms with van der Waals surface area (Å²) in [5.74, 6) is 1.75. The lowest BCUT2D eigenvalue weighted by Crippen LogP contribution is -2.32. The first kappa shape index (κ1) is 16.7. The summed E-state index contributed by atoms with van der Waals surface area (Å²) in [4.78, 5) is 1.67. The zero-order chi connectivity index (χ0) is 16.5. The molecule has 5 nitrogen and oxygen atoms in total. The molecular weight excluding hydrogens is 290 g/mol. The van der Waals surface area contributed by atoms with E-state index in [1.807, 2.05) is 54.6 Å². The quantitative estimate of drug-likeness (QED) is 0.446. The van der Waals surface area contributed by atoms with Crippen LogP contribution in [0.25, 0.3) is 0 Å². The van der Waals surface area contributed by atoms with Crippen molar-refractivity contribution in [2.24, 2.45) is 5.73 Å². The zero-order valence-electron chi connectivity index (χ0n) is 13.4. The minimum Gasteiger partial charge on any atom is -0.493 e. The second-order valence-electron chi connectivity index (χ2n) is 5.25. The molecule has 0 radical (unpaired) electrons. The Kier molecular flexibility index (Phi) is 6.29. The summed E-state index contributed by atoms with van der Waals surface area (Å²) in [5.41, 5.74) is 6.50. The van der Waals surface area contributed by atoms with E-state index >= 15 is 0 Å². The molecule has 3 N–H and O–H groups in total. The Labute approximate surface area is 137 Å². The largest absolute Gasteiger partial charge is 0.493 e. The van der Waals surface area contributed by atoms with Crippen LogP contribution in [-0.4, -0.2) is 31.1 Å². The Hall–Kier alpha value is -2.69. The maximum Gasteiger partial charge on any atom is 0.188 e. The molecule has 0 amide bonds. The van der Waals surface area contributed by atoms with Gasteiger partial charge >= 0.3 is 0 Å². The van der Waals surface area contributed by atoms with E-state index in [0.29, 0.717) is 19.8 Å². The van der Waals surface area contributed by atoms with Crippen molar-refractivity contribution < 1.29 is 9.47 Å². The van der Waals surface area contributed by atoms with Gasteiger partial charge in [0, 0.05) is 20.0 Å². The topological polar surface area (TPSA) is 71.6 Å². The molecule has 5 heteroatoms. The zero-order valence-corrected chi connectivity index (χ0v) is 13.4. The normalized spacial score (nSPS) is 10.1. The Morgan fingerprint density at radius 1 is 1.00 bits per heavy atom. The van der Waals surface area contributed by atoms with Crippen LogP contribution in [0.15, 0.2) is 54.6 Å². The number of hydrogen-bond acceptors (Lipinski definition) is 3. The second kappa shape index (κ2) is 8.68. The number of hydrogen-bond donors (Lipinski definition) is 2. The monoisotopic (exact) mass is 313 g/mol. The number of para-hydroxylation sites is 1. The molecule has 2 aromatic carbocycles. The van der Waals surface area contributed by atoms with E-state index in [1.165, 1.54) is 0 Å². The van der Waals surface area contributed by atoms with Gasteiger partial charge in [-0.1, -0.05) is 30.3 Å². The van der Waals surface area contributed by atoms with Crippen LogP contribution in [0.3, 0.4) is 0 Å². The molecule has 0 bridgehead atoms. The summed E-state index contributed by atoms with van der Waals surface area (Å²) in [6.45, 7) is 1.80. The lowest BCUT2D eigenvalue weighted by molar-refractivity contribution is 0.247. The first-order chi connectivity index (χ1) is 11.1. The predicted molar refractivity (Wildman–Crippen MR) is 91.9 cm³/mol. The smallest absolute Gasteiger partial charge is 0.188 e. The molecule has 0 heterocycles. The fraction of sp³-hybridized carbons (Fsp3) is 0.278. The Balaban J connectivity index is 1.72. The van der Waals surface area contributed by atoms with E-state index < -0.39 is 0 Å². The highest BCUT2D eigenvalue weighted by Gasteiger charge is 2.03. The van der Waals surface area contributed by atoms with Crippen LogP contribution >= 0.6 is 0 Å². The third-order valence-electron chi connectivity index (χ3n) is 3.30. The van der Waals surface area contributed by atoms with Crippen LogP contribution in [0.4, 0.5) is 0 Å². The molecule has 122 valence electrons. The lowest BCUT2D eigenvalue weighted by atomic mass is 10.2. The highest BCUT2D eigenvalue weighted by molar-refractivity contribution is 5.74. The number of nitrogens with two attached hydrogens (primary N) is 1. The van der Waals surface area contributed by atoms with Crippen LogP contribution in [0.1, 0.15) is 12.0 Å². The number of nitrogens with one attached hydrogen (secondary N) is 1. The van der Waals surface area contributed by atoms with Crippen LogP contribution in [-0.2, 0) is 6.54 Å². The molecule has 2 aromatic rings. The SMILES string of the molecule is CN(Cc1cccc(OCCCOc2ccccc2)c1)C(=N)N. The van der Waals surface area contributed by atoms with Gasteiger partial charge in [-0.3, -0.25) is 5.41 Å². The Morgan fingerprint density at radius 3 is 2.35 bits per heavy atom. The standard InChI is InChI=1S/C18H23N3O2/c1-21(18(19)20)14-15-7-5-10-17(13-15)23-12-6-11-22-16-8-3-2-4-9-16/h2-5,7-10,13H,6,11-12,14H2,1H3,(H3,19,20). The van der Waals surface area contributed by atoms with Gasteiger partial charge in [-0.2, -0.15) is 0 Å². The molecule has 0 unspecified atom stereocenters. The van der Waals surface area contributed by atoms with E-state index in [9.17, 15) is 0 Å². The summed E-state index contributed by atoms with van der Waals surface area (Å²) in [6.07, 6.45) is 0.812. The van der Waals surface area contributed by atoms with Gasteiger partial charge in [0.15, 0.2) is 5.96 Å². The van der Waals surface area contributed by atoms with Gasteiger partial charge in [0.1, 0.15) is 11.5 Å². The number of rotatable bonds is 8. The van der Waals surface area contributed by atoms with Crippen molar-refractivity contribution in [2.45, 2.75) is 13.0 Å². The van der Waals surface area contributed by atoms with E-state index in [-0.39, 0.29) is 5.96 Å². The summed E-state index contributed by atoms with van der Waals surface area (Å²) in [5, 5.41) is 7.39. The van der Waals surface area contributed by atoms with E-state index in [2.05, 4.69) is 0 Å². The highest BCUT2D eigenvalue weighted by Crippen LogP contribution is 2.15. The fourth-order valence-corrected chi connectivity index (χ4v) is 2.05. The molecule has 0 aliphatic heterocycles. The minimum absolute atomic E-state index is 0.0504. The van der Waals surface area contributed by atoms with Gasteiger partial charge in [-0.05, 0) is 29.8 Å². The molecule has 0 spiro atoms. The number of ether oxygens (including phenoxy) is 2. The molecule has 0 fully saturated rings. The Morgan fingerprint density at radius 2 is 1.65 bits per heavy atom. The number of nitrogens with zero attached hydrogens (tertiary/aromatic N) is 1. The van der Waals surface area contributed by atoms with Gasteiger partial charge in [-0.25, -0.2) is 0 Å². The van der Waals surface area contributed by atoms with Gasteiger partial charge in [0.05, 0.1) is 13.2 Å². The average Bonchev–Trinajstić information content (AvgIpc) is 2.56. The van der Waals surface area contributed by atoms with Crippen molar-refractivity contribution in [1.29, 1.82) is 5.41 Å². The van der Waals surface area contributed by atoms with Crippen LogP contribution in [0.5, 0.6) is 11.5 Å². The van der Waals surface area contributed by atoms with Crippen molar-refractivity contribution in [1.82, 2.24) is 4.90 Å². The lowest BCUT2D eigenvalue weighted by Gasteiger charge is -2.17. The third-order valence-corrected chi connectivity index (χ3v) is 3.30. The molecule has 2 rings (SSSR count). The average molecular weight is 313 g/mol. The van der Waals surface area contributed by atoms with Crippen molar-refractivity contribution in [3.8, 4) is 11.5 Å². The van der Waals surface area contributed by atoms with Crippen molar-refractivity contribution in [2.75, 3.05) is 20.3 Å². The van der Waals surface area contributed by atoms with Gasteiger partial charge in [0.25, 0.3) is 0 Å². The summed E-state index contributed by atoms with van der Waals surface area (Å²) in [7, 11) is 1.79. The van der Waals surface area contributed by atoms with E-state index in [0.717, 1.165) is 23.5 Å². The molecular formula is C18H23N3O2. The number of benzene rings is 2. The molecule has 0 saturated heterocycles. The van der Waals surface area contributed by atoms with Gasteiger partial charge in [0.2, 0.25) is 0 Å². The van der Waals surface area contributed by atoms with E-state index in [1.54, 1.807) is 11.9 Å². The first-order valence-corrected chi connectivity index (χ1v) is 7.60. The minimum atomic E-state index is 0.0504. The second-order valence-corrected chi connectivity index (χ2v) is 5.25. The maximum absolute atomic E-state index is 7.39. The van der Waals surface area contributed by atoms with Crippen molar-refractivity contribution >= 4 is 5.96 Å². The summed E-state index contributed by atoms with van der Waals surface area (Å²) < 4.78 is 11.4. The first-order valence-electron chi connectivity index (χ1n) is 7.60. The highest BCUT2D eigenvalue weighted by atomic mass is 16.5. The summed E-state index contributed by atoms with van der Waals surface area (Å²) >= 11 is 0. The van der Waals surface area contributed by atoms with Crippen molar-refractivity contribution in [3.05, 3.63) is 60.2 Å². The molecule has 0 aliphatic carbocycles.